The van der Waals surface area contributed by atoms with Gasteiger partial charge in [0.15, 0.2) is 0 Å². The summed E-state index contributed by atoms with van der Waals surface area (Å²) in [6.45, 7) is 0. The van der Waals surface area contributed by atoms with Crippen molar-refractivity contribution in [2.75, 3.05) is 0 Å². The Kier molecular flexibility index (Phi) is 3.17. The molecule has 2 heteroatoms. The minimum atomic E-state index is 1.12. The molecule has 69 valence electrons. The van der Waals surface area contributed by atoms with Gasteiger partial charge < -0.3 is 0 Å². The Labute approximate surface area is 93.2 Å². The monoisotopic (exact) mass is 217 g/mol. The third-order valence-corrected chi connectivity index (χ3v) is 3.10. The standard InChI is InChI=1S/C12H9S2/c13-14-12-8-6-11(7-9-12)10-4-2-1-3-5-10/h1-9H. The van der Waals surface area contributed by atoms with E-state index in [9.17, 15) is 0 Å². The second-order valence-corrected chi connectivity index (χ2v) is 4.11. The second-order valence-electron chi connectivity index (χ2n) is 2.97. The number of rotatable bonds is 2. The Morgan fingerprint density at radius 2 is 1.29 bits per heavy atom. The van der Waals surface area contributed by atoms with Crippen LogP contribution in [0.3, 0.4) is 0 Å². The molecule has 0 saturated carbocycles. The average molecular weight is 217 g/mol. The van der Waals surface area contributed by atoms with Gasteiger partial charge in [-0.25, -0.2) is 0 Å². The fourth-order valence-electron chi connectivity index (χ4n) is 1.33. The van der Waals surface area contributed by atoms with Gasteiger partial charge in [0.2, 0.25) is 0 Å². The summed E-state index contributed by atoms with van der Waals surface area (Å²) < 4.78 is 0. The van der Waals surface area contributed by atoms with Crippen LogP contribution in [0.4, 0.5) is 0 Å². The minimum Gasteiger partial charge on any atom is -0.0622 e. The van der Waals surface area contributed by atoms with E-state index in [1.807, 2.05) is 18.2 Å². The van der Waals surface area contributed by atoms with Crippen molar-refractivity contribution >= 4 is 22.5 Å². The zero-order chi connectivity index (χ0) is 9.80. The molecule has 0 spiro atoms. The predicted octanol–water partition coefficient (Wildman–Crippen LogP) is 4.56. The molecule has 0 aliphatic heterocycles. The molecule has 0 bridgehead atoms. The number of benzene rings is 2. The van der Waals surface area contributed by atoms with Crippen LogP contribution in [0.5, 0.6) is 0 Å². The molecule has 2 aromatic rings. The highest BCUT2D eigenvalue weighted by atomic mass is 33.1. The van der Waals surface area contributed by atoms with E-state index in [1.165, 1.54) is 21.9 Å². The molecule has 0 saturated heterocycles. The van der Waals surface area contributed by atoms with Crippen molar-refractivity contribution in [3.63, 3.8) is 0 Å². The average Bonchev–Trinajstić information content (AvgIpc) is 2.30. The summed E-state index contributed by atoms with van der Waals surface area (Å²) in [6.07, 6.45) is 0. The lowest BCUT2D eigenvalue weighted by Gasteiger charge is -2.01. The van der Waals surface area contributed by atoms with Gasteiger partial charge in [0.05, 0.1) is 0 Å². The first kappa shape index (κ1) is 9.69. The molecule has 0 aliphatic rings. The van der Waals surface area contributed by atoms with Gasteiger partial charge in [0.1, 0.15) is 0 Å². The lowest BCUT2D eigenvalue weighted by Crippen LogP contribution is -1.75. The van der Waals surface area contributed by atoms with Crippen LogP contribution in [-0.4, -0.2) is 0 Å². The third-order valence-electron chi connectivity index (χ3n) is 2.06. The van der Waals surface area contributed by atoms with Gasteiger partial charge in [-0.15, -0.1) is 0 Å². The van der Waals surface area contributed by atoms with Gasteiger partial charge in [0.25, 0.3) is 0 Å². The first-order valence-electron chi connectivity index (χ1n) is 4.35. The highest BCUT2D eigenvalue weighted by Crippen LogP contribution is 2.25. The van der Waals surface area contributed by atoms with E-state index in [4.69, 9.17) is 11.7 Å². The van der Waals surface area contributed by atoms with E-state index >= 15 is 0 Å². The van der Waals surface area contributed by atoms with Gasteiger partial charge in [-0.3, -0.25) is 0 Å². The van der Waals surface area contributed by atoms with E-state index in [-0.39, 0.29) is 0 Å². The summed E-state index contributed by atoms with van der Waals surface area (Å²) >= 11 is 4.90. The van der Waals surface area contributed by atoms with E-state index in [1.54, 1.807) is 0 Å². The molecule has 0 nitrogen and oxygen atoms in total. The van der Waals surface area contributed by atoms with Crippen LogP contribution in [-0.2, 0) is 0 Å². The maximum absolute atomic E-state index is 4.90. The van der Waals surface area contributed by atoms with E-state index in [0.29, 0.717) is 0 Å². The lowest BCUT2D eigenvalue weighted by atomic mass is 10.1. The lowest BCUT2D eigenvalue weighted by molar-refractivity contribution is 1.47. The number of hydrogen-bond acceptors (Lipinski definition) is 1. The predicted molar refractivity (Wildman–Crippen MR) is 65.3 cm³/mol. The normalized spacial score (nSPS) is 10.1. The Bertz CT molecular complexity index is 392. The fourth-order valence-corrected chi connectivity index (χ4v) is 1.91. The topological polar surface area (TPSA) is 0 Å². The molecule has 0 aromatic heterocycles. The zero-order valence-corrected chi connectivity index (χ0v) is 9.15. The first-order chi connectivity index (χ1) is 6.90. The van der Waals surface area contributed by atoms with E-state index in [0.717, 1.165) is 4.90 Å². The van der Waals surface area contributed by atoms with Crippen molar-refractivity contribution in [3.05, 3.63) is 54.6 Å². The van der Waals surface area contributed by atoms with Crippen molar-refractivity contribution in [2.45, 2.75) is 4.90 Å². The third kappa shape index (κ3) is 2.14. The van der Waals surface area contributed by atoms with Crippen LogP contribution in [0.2, 0.25) is 0 Å². The summed E-state index contributed by atoms with van der Waals surface area (Å²) in [5.74, 6) is 0. The van der Waals surface area contributed by atoms with Crippen LogP contribution in [0, 0.1) is 0 Å². The van der Waals surface area contributed by atoms with Gasteiger partial charge in [-0.2, -0.15) is 0 Å². The smallest absolute Gasteiger partial charge is 0.0191 e. The maximum Gasteiger partial charge on any atom is 0.0191 e. The number of hydrogen-bond donors (Lipinski definition) is 0. The van der Waals surface area contributed by atoms with Crippen molar-refractivity contribution < 1.29 is 0 Å². The van der Waals surface area contributed by atoms with Crippen LogP contribution in [0.25, 0.3) is 11.1 Å². The molecule has 2 rings (SSSR count). The molecule has 0 fully saturated rings. The summed E-state index contributed by atoms with van der Waals surface area (Å²) in [5.41, 5.74) is 2.48. The molecule has 0 N–H and O–H groups in total. The largest absolute Gasteiger partial charge is 0.0622 e. The van der Waals surface area contributed by atoms with Crippen molar-refractivity contribution in [2.24, 2.45) is 0 Å². The van der Waals surface area contributed by atoms with Crippen LogP contribution >= 0.6 is 22.5 Å². The molecule has 1 radical (unpaired) electrons. The Balaban J connectivity index is 2.34. The van der Waals surface area contributed by atoms with Crippen molar-refractivity contribution in [3.8, 4) is 11.1 Å². The van der Waals surface area contributed by atoms with Gasteiger partial charge in [-0.05, 0) is 45.7 Å². The summed E-state index contributed by atoms with van der Waals surface area (Å²) in [5, 5.41) is 0. The molecule has 0 amide bonds. The van der Waals surface area contributed by atoms with Gasteiger partial charge in [0, 0.05) is 4.90 Å². The minimum absolute atomic E-state index is 1.12. The Morgan fingerprint density at radius 3 is 1.86 bits per heavy atom. The van der Waals surface area contributed by atoms with Crippen molar-refractivity contribution in [1.29, 1.82) is 0 Å². The molecule has 2 aromatic carbocycles. The first-order valence-corrected chi connectivity index (χ1v) is 6.09. The Hall–Kier alpha value is -0.860. The van der Waals surface area contributed by atoms with Crippen LogP contribution in [0.15, 0.2) is 59.5 Å². The summed E-state index contributed by atoms with van der Waals surface area (Å²) in [6, 6.07) is 18.6. The van der Waals surface area contributed by atoms with E-state index < -0.39 is 0 Å². The molecule has 0 unspecified atom stereocenters. The highest BCUT2D eigenvalue weighted by molar-refractivity contribution is 8.68. The fraction of sp³-hybridized carbons (Fsp3) is 0. The van der Waals surface area contributed by atoms with Crippen LogP contribution in [0.1, 0.15) is 0 Å². The van der Waals surface area contributed by atoms with E-state index in [2.05, 4.69) is 36.4 Å². The molecule has 0 aliphatic carbocycles. The highest BCUT2D eigenvalue weighted by Gasteiger charge is 1.96. The Morgan fingerprint density at radius 1 is 0.714 bits per heavy atom. The molecular formula is C12H9S2. The summed E-state index contributed by atoms with van der Waals surface area (Å²) in [4.78, 5) is 1.12. The maximum atomic E-state index is 4.90. The second kappa shape index (κ2) is 4.58. The molecule has 0 atom stereocenters. The molecule has 14 heavy (non-hydrogen) atoms. The molecule has 0 heterocycles. The quantitative estimate of drug-likeness (QED) is 0.665. The SMILES string of the molecule is [S]Sc1ccc(-c2ccccc2)cc1. The molecular weight excluding hydrogens is 208 g/mol. The summed E-state index contributed by atoms with van der Waals surface area (Å²) in [7, 11) is 1.36. The van der Waals surface area contributed by atoms with Gasteiger partial charge >= 0.3 is 0 Å². The van der Waals surface area contributed by atoms with Crippen LogP contribution < -0.4 is 0 Å². The zero-order valence-electron chi connectivity index (χ0n) is 7.51. The van der Waals surface area contributed by atoms with Crippen molar-refractivity contribution in [1.82, 2.24) is 0 Å². The van der Waals surface area contributed by atoms with Gasteiger partial charge in [-0.1, -0.05) is 42.5 Å².